The van der Waals surface area contributed by atoms with Gasteiger partial charge in [-0.2, -0.15) is 5.26 Å². The quantitative estimate of drug-likeness (QED) is 0.303. The number of fused-ring (bicyclic) bond motifs is 2. The minimum Gasteiger partial charge on any atom is -0.507 e. The normalized spacial score (nSPS) is 14.2. The summed E-state index contributed by atoms with van der Waals surface area (Å²) in [5.41, 5.74) is 15.7. The smallest absolute Gasteiger partial charge is 0.123 e. The summed E-state index contributed by atoms with van der Waals surface area (Å²) in [5, 5.41) is 20.7. The van der Waals surface area contributed by atoms with E-state index in [9.17, 15) is 10.4 Å². The van der Waals surface area contributed by atoms with E-state index in [1.54, 1.807) is 6.07 Å². The Bertz CT molecular complexity index is 1810. The summed E-state index contributed by atoms with van der Waals surface area (Å²) in [6.07, 6.45) is 5.74. The number of hydrogen-bond acceptors (Lipinski definition) is 2. The second-order valence-corrected chi connectivity index (χ2v) is 10.6. The van der Waals surface area contributed by atoms with E-state index in [2.05, 4.69) is 93.8 Å². The van der Waals surface area contributed by atoms with Gasteiger partial charge in [-0.3, -0.25) is 0 Å². The molecule has 0 unspecified atom stereocenters. The van der Waals surface area contributed by atoms with Gasteiger partial charge < -0.3 is 5.11 Å². The molecule has 0 radical (unpaired) electrons. The largest absolute Gasteiger partial charge is 0.507 e. The molecule has 2 aliphatic rings. The van der Waals surface area contributed by atoms with Crippen molar-refractivity contribution in [1.29, 1.82) is 5.26 Å². The van der Waals surface area contributed by atoms with Gasteiger partial charge in [0.15, 0.2) is 0 Å². The highest BCUT2D eigenvalue weighted by atomic mass is 16.3. The van der Waals surface area contributed by atoms with E-state index in [-0.39, 0.29) is 5.75 Å². The van der Waals surface area contributed by atoms with E-state index >= 15 is 0 Å². The molecule has 0 fully saturated rings. The number of hydrogen-bond donors (Lipinski definition) is 1. The summed E-state index contributed by atoms with van der Waals surface area (Å²) in [7, 11) is 0. The predicted octanol–water partition coefficient (Wildman–Crippen LogP) is 8.85. The second-order valence-electron chi connectivity index (χ2n) is 10.6. The molecule has 0 amide bonds. The van der Waals surface area contributed by atoms with E-state index in [4.69, 9.17) is 0 Å². The van der Waals surface area contributed by atoms with Crippen LogP contribution in [0.4, 0.5) is 0 Å². The minimum absolute atomic E-state index is 0.254. The molecule has 39 heavy (non-hydrogen) atoms. The zero-order chi connectivity index (χ0) is 27.3. The van der Waals surface area contributed by atoms with Crippen molar-refractivity contribution in [2.24, 2.45) is 0 Å². The van der Waals surface area contributed by atoms with Crippen LogP contribution in [0.25, 0.3) is 33.4 Å². The Morgan fingerprint density at radius 1 is 0.744 bits per heavy atom. The number of nitriles is 1. The molecular formula is C37H29NO. The number of phenolic OH excluding ortho intramolecular Hbond substituents is 1. The molecule has 0 atom stereocenters. The van der Waals surface area contributed by atoms with Crippen LogP contribution in [0.1, 0.15) is 50.1 Å². The summed E-state index contributed by atoms with van der Waals surface area (Å²) in [5.74, 6) is 0.254. The molecule has 0 saturated heterocycles. The van der Waals surface area contributed by atoms with Crippen molar-refractivity contribution in [1.82, 2.24) is 0 Å². The van der Waals surface area contributed by atoms with Crippen LogP contribution in [0, 0.1) is 25.2 Å². The monoisotopic (exact) mass is 503 g/mol. The van der Waals surface area contributed by atoms with Crippen LogP contribution in [0.2, 0.25) is 0 Å². The van der Waals surface area contributed by atoms with Crippen LogP contribution in [0.15, 0.2) is 98.1 Å². The van der Waals surface area contributed by atoms with Crippen LogP contribution in [0.3, 0.4) is 0 Å². The molecule has 0 aromatic heterocycles. The highest BCUT2D eigenvalue weighted by molar-refractivity contribution is 5.95. The first-order valence-corrected chi connectivity index (χ1v) is 13.2. The van der Waals surface area contributed by atoms with Gasteiger partial charge in [-0.15, -0.1) is 0 Å². The Balaban J connectivity index is 1.44. The Kier molecular flexibility index (Phi) is 5.93. The number of nitrogens with zero attached hydrogens (tertiary/aromatic N) is 1. The molecule has 4 aromatic carbocycles. The van der Waals surface area contributed by atoms with Crippen LogP contribution in [-0.4, -0.2) is 5.11 Å². The van der Waals surface area contributed by atoms with Crippen molar-refractivity contribution < 1.29 is 5.11 Å². The van der Waals surface area contributed by atoms with Gasteiger partial charge >= 0.3 is 0 Å². The highest BCUT2D eigenvalue weighted by Crippen LogP contribution is 2.44. The van der Waals surface area contributed by atoms with Crippen molar-refractivity contribution in [3.05, 3.63) is 148 Å². The molecule has 4 aromatic rings. The molecule has 0 spiro atoms. The van der Waals surface area contributed by atoms with E-state index < -0.39 is 0 Å². The fourth-order valence-corrected chi connectivity index (χ4v) is 6.02. The molecule has 2 aliphatic carbocycles. The van der Waals surface area contributed by atoms with Crippen molar-refractivity contribution in [3.8, 4) is 22.9 Å². The van der Waals surface area contributed by atoms with Gasteiger partial charge in [-0.25, -0.2) is 0 Å². The average Bonchev–Trinajstić information content (AvgIpc) is 2.93. The van der Waals surface area contributed by atoms with Gasteiger partial charge in [-0.1, -0.05) is 85.5 Å². The Hall–Kier alpha value is -4.87. The average molecular weight is 504 g/mol. The summed E-state index contributed by atoms with van der Waals surface area (Å²) < 4.78 is 0. The molecule has 188 valence electrons. The van der Waals surface area contributed by atoms with E-state index in [1.165, 1.54) is 27.8 Å². The lowest BCUT2D eigenvalue weighted by Crippen LogP contribution is -2.07. The van der Waals surface area contributed by atoms with Gasteiger partial charge in [0.1, 0.15) is 5.75 Å². The molecule has 0 heterocycles. The van der Waals surface area contributed by atoms with Gasteiger partial charge in [-0.05, 0) is 106 Å². The number of aromatic hydroxyl groups is 1. The van der Waals surface area contributed by atoms with Crippen molar-refractivity contribution in [3.63, 3.8) is 0 Å². The van der Waals surface area contributed by atoms with E-state index in [0.29, 0.717) is 12.0 Å². The number of aryl methyl sites for hydroxylation is 2. The maximum atomic E-state index is 11.1. The topological polar surface area (TPSA) is 44.0 Å². The standard InChI is InChI=1S/C37H29NO/c1-22-8-11-26(12-9-22)31-16-24(3)36-23(2)10-14-32(34(36)20-31)33-19-27(13-15-35(33)39)30-17-25(4)37-28(18-30)6-5-7-29(37)21-38/h5-17,19,39H,3-4,18,20H2,1-2H3. The molecule has 0 saturated carbocycles. The Labute approximate surface area is 230 Å². The lowest BCUT2D eigenvalue weighted by molar-refractivity contribution is 0.477. The Morgan fingerprint density at radius 2 is 1.44 bits per heavy atom. The van der Waals surface area contributed by atoms with Gasteiger partial charge in [0.25, 0.3) is 0 Å². The van der Waals surface area contributed by atoms with Crippen molar-refractivity contribution in [2.75, 3.05) is 0 Å². The minimum atomic E-state index is 0.254. The summed E-state index contributed by atoms with van der Waals surface area (Å²) in [6, 6.07) is 26.9. The zero-order valence-electron chi connectivity index (χ0n) is 22.3. The summed E-state index contributed by atoms with van der Waals surface area (Å²) in [4.78, 5) is 0. The summed E-state index contributed by atoms with van der Waals surface area (Å²) >= 11 is 0. The predicted molar refractivity (Wildman–Crippen MR) is 162 cm³/mol. The maximum Gasteiger partial charge on any atom is 0.123 e. The SMILES string of the molecule is C=C1C=C(c2ccc(O)c(-c3ccc(C)c4c3CC(c3ccc(C)cc3)=CC4=C)c2)Cc2cccc(C#N)c21. The molecule has 6 rings (SSSR count). The fraction of sp³-hybridized carbons (Fsp3) is 0.108. The zero-order valence-corrected chi connectivity index (χ0v) is 22.3. The lowest BCUT2D eigenvalue weighted by atomic mass is 9.79. The third-order valence-corrected chi connectivity index (χ3v) is 7.96. The lowest BCUT2D eigenvalue weighted by Gasteiger charge is -2.25. The van der Waals surface area contributed by atoms with E-state index in [0.717, 1.165) is 56.5 Å². The van der Waals surface area contributed by atoms with Crippen molar-refractivity contribution >= 4 is 22.3 Å². The number of allylic oxidation sites excluding steroid dienone is 6. The van der Waals surface area contributed by atoms with Crippen LogP contribution in [-0.2, 0) is 12.8 Å². The van der Waals surface area contributed by atoms with Gasteiger partial charge in [0, 0.05) is 11.1 Å². The number of phenols is 1. The first kappa shape index (κ1) is 24.5. The third-order valence-electron chi connectivity index (χ3n) is 7.96. The van der Waals surface area contributed by atoms with Crippen LogP contribution < -0.4 is 0 Å². The third kappa shape index (κ3) is 4.23. The molecular weight excluding hydrogens is 474 g/mol. The van der Waals surface area contributed by atoms with Crippen LogP contribution in [0.5, 0.6) is 5.75 Å². The second kappa shape index (κ2) is 9.46. The number of benzene rings is 4. The van der Waals surface area contributed by atoms with Gasteiger partial charge in [0.2, 0.25) is 0 Å². The van der Waals surface area contributed by atoms with Gasteiger partial charge in [0.05, 0.1) is 11.6 Å². The van der Waals surface area contributed by atoms with Crippen LogP contribution >= 0.6 is 0 Å². The first-order valence-electron chi connectivity index (χ1n) is 13.2. The molecule has 0 bridgehead atoms. The maximum absolute atomic E-state index is 11.1. The molecule has 2 nitrogen and oxygen atoms in total. The molecule has 1 N–H and O–H groups in total. The summed E-state index contributed by atoms with van der Waals surface area (Å²) in [6.45, 7) is 12.9. The fourth-order valence-electron chi connectivity index (χ4n) is 6.02. The highest BCUT2D eigenvalue weighted by Gasteiger charge is 2.23. The van der Waals surface area contributed by atoms with E-state index in [1.807, 2.05) is 18.2 Å². The Morgan fingerprint density at radius 3 is 2.18 bits per heavy atom. The number of rotatable bonds is 3. The first-order chi connectivity index (χ1) is 18.8. The molecule has 2 heteroatoms. The van der Waals surface area contributed by atoms with Crippen molar-refractivity contribution in [2.45, 2.75) is 26.7 Å². The molecule has 0 aliphatic heterocycles.